The Bertz CT molecular complexity index is 910. The number of nitrogens with one attached hydrogen (secondary N) is 1. The van der Waals surface area contributed by atoms with Crippen molar-refractivity contribution < 1.29 is 4.79 Å². The van der Waals surface area contributed by atoms with Crippen LogP contribution in [0.25, 0.3) is 10.9 Å². The van der Waals surface area contributed by atoms with Crippen LogP contribution in [0.3, 0.4) is 0 Å². The fraction of sp³-hybridized carbons (Fsp3) is 0.526. The van der Waals surface area contributed by atoms with Gasteiger partial charge < -0.3 is 14.8 Å². The van der Waals surface area contributed by atoms with Crippen LogP contribution in [0, 0.1) is 4.77 Å². The molecule has 26 heavy (non-hydrogen) atoms. The summed E-state index contributed by atoms with van der Waals surface area (Å²) in [5.74, 6) is 0.00597. The Morgan fingerprint density at radius 2 is 1.92 bits per heavy atom. The number of amides is 1. The zero-order valence-corrected chi connectivity index (χ0v) is 16.3. The Labute approximate surface area is 158 Å². The van der Waals surface area contributed by atoms with Gasteiger partial charge in [0.25, 0.3) is 11.5 Å². The van der Waals surface area contributed by atoms with Crippen molar-refractivity contribution >= 4 is 29.0 Å². The molecule has 0 saturated carbocycles. The van der Waals surface area contributed by atoms with Gasteiger partial charge in [0.15, 0.2) is 4.77 Å². The van der Waals surface area contributed by atoms with Gasteiger partial charge in [0.2, 0.25) is 0 Å². The molecule has 0 radical (unpaired) electrons. The molecule has 2 heterocycles. The monoisotopic (exact) mass is 374 g/mol. The van der Waals surface area contributed by atoms with E-state index in [1.165, 1.54) is 0 Å². The minimum atomic E-state index is -0.0848. The molecule has 1 aromatic heterocycles. The highest BCUT2D eigenvalue weighted by Gasteiger charge is 2.20. The number of aromatic amines is 1. The Kier molecular flexibility index (Phi) is 5.88. The number of rotatable bonds is 5. The number of carbonyl (C=O) groups is 1. The molecule has 1 aliphatic heterocycles. The summed E-state index contributed by atoms with van der Waals surface area (Å²) in [6, 6.07) is 5.24. The van der Waals surface area contributed by atoms with E-state index < -0.39 is 0 Å². The number of H-pyrrole nitrogens is 1. The molecule has 6 nitrogen and oxygen atoms in total. The molecule has 1 N–H and O–H groups in total. The van der Waals surface area contributed by atoms with Crippen molar-refractivity contribution in [1.82, 2.24) is 19.4 Å². The summed E-state index contributed by atoms with van der Waals surface area (Å²) in [6.45, 7) is 5.96. The van der Waals surface area contributed by atoms with Gasteiger partial charge in [-0.05, 0) is 43.9 Å². The van der Waals surface area contributed by atoms with Crippen molar-refractivity contribution in [2.24, 2.45) is 0 Å². The first-order valence-electron chi connectivity index (χ1n) is 9.26. The maximum Gasteiger partial charge on any atom is 0.262 e. The summed E-state index contributed by atoms with van der Waals surface area (Å²) in [5, 5.41) is 0.574. The smallest absolute Gasteiger partial charge is 0.262 e. The lowest BCUT2D eigenvalue weighted by molar-refractivity contribution is 0.0664. The number of carbonyl (C=O) groups excluding carboxylic acids is 1. The summed E-state index contributed by atoms with van der Waals surface area (Å²) >= 11 is 5.37. The maximum atomic E-state index is 12.7. The number of likely N-dealkylation sites (N-methyl/N-ethyl adjacent to an activating group) is 1. The number of hydrogen-bond acceptors (Lipinski definition) is 4. The van der Waals surface area contributed by atoms with Crippen LogP contribution in [0.5, 0.6) is 0 Å². The van der Waals surface area contributed by atoms with Crippen LogP contribution < -0.4 is 5.56 Å². The van der Waals surface area contributed by atoms with Gasteiger partial charge in [-0.1, -0.05) is 19.8 Å². The van der Waals surface area contributed by atoms with Crippen molar-refractivity contribution in [2.75, 3.05) is 33.2 Å². The Morgan fingerprint density at radius 1 is 1.19 bits per heavy atom. The standard InChI is InChI=1S/C19H26N4O2S/c1-3-4-5-8-23-18(25)15-7-6-14(13-16(15)20-19(23)26)17(24)22-11-9-21(2)10-12-22/h6-7,13H,3-5,8-12H2,1-2H3,(H,20,26). The fourth-order valence-corrected chi connectivity index (χ4v) is 3.59. The van der Waals surface area contributed by atoms with Crippen LogP contribution in [0.1, 0.15) is 36.5 Å². The van der Waals surface area contributed by atoms with Gasteiger partial charge in [-0.25, -0.2) is 0 Å². The first kappa shape index (κ1) is 18.8. The quantitative estimate of drug-likeness (QED) is 0.646. The number of nitrogens with zero attached hydrogens (tertiary/aromatic N) is 3. The van der Waals surface area contributed by atoms with Crippen LogP contribution in [-0.2, 0) is 6.54 Å². The predicted molar refractivity (Wildman–Crippen MR) is 106 cm³/mol. The second-order valence-electron chi connectivity index (χ2n) is 6.95. The SMILES string of the molecule is CCCCCn1c(=S)[nH]c2cc(C(=O)N3CCN(C)CC3)ccc2c1=O. The second-order valence-corrected chi connectivity index (χ2v) is 7.34. The summed E-state index contributed by atoms with van der Waals surface area (Å²) in [7, 11) is 2.06. The molecule has 0 atom stereocenters. The molecule has 1 saturated heterocycles. The molecule has 2 aromatic rings. The molecule has 7 heteroatoms. The first-order chi connectivity index (χ1) is 12.5. The van der Waals surface area contributed by atoms with E-state index >= 15 is 0 Å². The molecule has 1 fully saturated rings. The molecule has 3 rings (SSSR count). The molecule has 1 amide bonds. The van der Waals surface area contributed by atoms with E-state index in [-0.39, 0.29) is 11.5 Å². The van der Waals surface area contributed by atoms with Gasteiger partial charge in [0.1, 0.15) is 0 Å². The normalized spacial score (nSPS) is 15.5. The van der Waals surface area contributed by atoms with Gasteiger partial charge >= 0.3 is 0 Å². The van der Waals surface area contributed by atoms with E-state index in [4.69, 9.17) is 12.2 Å². The molecule has 0 spiro atoms. The summed E-state index contributed by atoms with van der Waals surface area (Å²) < 4.78 is 2.04. The highest BCUT2D eigenvalue weighted by Crippen LogP contribution is 2.14. The predicted octanol–water partition coefficient (Wildman–Crippen LogP) is 2.64. The number of unbranched alkanes of at least 4 members (excludes halogenated alkanes) is 2. The average Bonchev–Trinajstić information content (AvgIpc) is 2.64. The first-order valence-corrected chi connectivity index (χ1v) is 9.66. The van der Waals surface area contributed by atoms with Gasteiger partial charge in [-0.15, -0.1) is 0 Å². The largest absolute Gasteiger partial charge is 0.336 e. The number of fused-ring (bicyclic) bond motifs is 1. The van der Waals surface area contributed by atoms with Gasteiger partial charge in [-0.2, -0.15) is 0 Å². The van der Waals surface area contributed by atoms with E-state index in [1.807, 2.05) is 4.90 Å². The van der Waals surface area contributed by atoms with Gasteiger partial charge in [0.05, 0.1) is 10.9 Å². The van der Waals surface area contributed by atoms with Crippen LogP contribution in [-0.4, -0.2) is 58.5 Å². The number of piperazine rings is 1. The lowest BCUT2D eigenvalue weighted by Gasteiger charge is -2.32. The van der Waals surface area contributed by atoms with Gasteiger partial charge in [-0.3, -0.25) is 14.2 Å². The zero-order chi connectivity index (χ0) is 18.7. The lowest BCUT2D eigenvalue weighted by Crippen LogP contribution is -2.47. The van der Waals surface area contributed by atoms with E-state index in [2.05, 4.69) is 23.9 Å². The van der Waals surface area contributed by atoms with E-state index in [0.29, 0.717) is 27.8 Å². The third-order valence-corrected chi connectivity index (χ3v) is 5.33. The lowest BCUT2D eigenvalue weighted by atomic mass is 10.1. The number of hydrogen-bond donors (Lipinski definition) is 1. The Balaban J connectivity index is 1.89. The van der Waals surface area contributed by atoms with Crippen molar-refractivity contribution in [1.29, 1.82) is 0 Å². The third-order valence-electron chi connectivity index (χ3n) is 5.00. The van der Waals surface area contributed by atoms with Crippen LogP contribution in [0.15, 0.2) is 23.0 Å². The fourth-order valence-electron chi connectivity index (χ4n) is 3.30. The average molecular weight is 375 g/mol. The van der Waals surface area contributed by atoms with Crippen molar-refractivity contribution in [3.05, 3.63) is 38.9 Å². The molecule has 0 unspecified atom stereocenters. The van der Waals surface area contributed by atoms with Crippen LogP contribution in [0.2, 0.25) is 0 Å². The van der Waals surface area contributed by atoms with E-state index in [9.17, 15) is 9.59 Å². The van der Waals surface area contributed by atoms with E-state index in [0.717, 1.165) is 45.4 Å². The molecule has 1 aromatic carbocycles. The highest BCUT2D eigenvalue weighted by atomic mass is 32.1. The number of benzene rings is 1. The summed E-state index contributed by atoms with van der Waals surface area (Å²) in [5.41, 5.74) is 1.14. The molecule has 1 aliphatic rings. The molecule has 0 bridgehead atoms. The van der Waals surface area contributed by atoms with E-state index in [1.54, 1.807) is 22.8 Å². The summed E-state index contributed by atoms with van der Waals surface area (Å²) in [4.78, 5) is 32.7. The second kappa shape index (κ2) is 8.14. The van der Waals surface area contributed by atoms with Crippen molar-refractivity contribution in [3.8, 4) is 0 Å². The minimum absolute atomic E-state index is 0.00597. The van der Waals surface area contributed by atoms with Gasteiger partial charge in [0, 0.05) is 38.3 Å². The summed E-state index contributed by atoms with van der Waals surface area (Å²) in [6.07, 6.45) is 3.09. The molecule has 140 valence electrons. The highest BCUT2D eigenvalue weighted by molar-refractivity contribution is 7.71. The van der Waals surface area contributed by atoms with Crippen LogP contribution in [0.4, 0.5) is 0 Å². The Hall–Kier alpha value is -1.99. The third kappa shape index (κ3) is 3.88. The van der Waals surface area contributed by atoms with Crippen molar-refractivity contribution in [2.45, 2.75) is 32.7 Å². The topological polar surface area (TPSA) is 61.3 Å². The van der Waals surface area contributed by atoms with Crippen molar-refractivity contribution in [3.63, 3.8) is 0 Å². The van der Waals surface area contributed by atoms with Crippen LogP contribution >= 0.6 is 12.2 Å². The number of aromatic nitrogens is 2. The molecule has 0 aliphatic carbocycles. The zero-order valence-electron chi connectivity index (χ0n) is 15.5. The molecular formula is C19H26N4O2S. The minimum Gasteiger partial charge on any atom is -0.336 e. The maximum absolute atomic E-state index is 12.7. The Morgan fingerprint density at radius 3 is 2.62 bits per heavy atom. The molecular weight excluding hydrogens is 348 g/mol.